The van der Waals surface area contributed by atoms with Crippen LogP contribution in [0.1, 0.15) is 58.3 Å². The Labute approximate surface area is 162 Å². The van der Waals surface area contributed by atoms with E-state index in [-0.39, 0.29) is 35.7 Å². The van der Waals surface area contributed by atoms with Crippen molar-refractivity contribution in [1.29, 1.82) is 0 Å². The van der Waals surface area contributed by atoms with E-state index in [9.17, 15) is 14.4 Å². The number of hydrogen-bond acceptors (Lipinski definition) is 4. The van der Waals surface area contributed by atoms with Crippen LogP contribution in [0.5, 0.6) is 0 Å². The second kappa shape index (κ2) is 9.04. The number of nitrogens with zero attached hydrogens (tertiary/aromatic N) is 2. The van der Waals surface area contributed by atoms with Crippen LogP contribution in [-0.4, -0.2) is 65.8 Å². The van der Waals surface area contributed by atoms with Crippen molar-refractivity contribution in [3.05, 3.63) is 0 Å². The van der Waals surface area contributed by atoms with E-state index < -0.39 is 0 Å². The fraction of sp³-hybridized carbons (Fsp3) is 0.850. The van der Waals surface area contributed by atoms with Crippen molar-refractivity contribution < 1.29 is 14.4 Å². The Morgan fingerprint density at radius 1 is 1.15 bits per heavy atom. The van der Waals surface area contributed by atoms with Gasteiger partial charge in [-0.2, -0.15) is 0 Å². The van der Waals surface area contributed by atoms with Crippen molar-refractivity contribution in [3.63, 3.8) is 0 Å². The number of primary amides is 1. The molecule has 2 saturated heterocycles. The first kappa shape index (κ1) is 20.1. The second-order valence-electron chi connectivity index (χ2n) is 8.46. The summed E-state index contributed by atoms with van der Waals surface area (Å²) in [5.74, 6) is 0.789. The number of carbonyl (C=O) groups is 3. The van der Waals surface area contributed by atoms with Crippen molar-refractivity contribution in [2.75, 3.05) is 26.2 Å². The van der Waals surface area contributed by atoms with E-state index >= 15 is 0 Å². The van der Waals surface area contributed by atoms with Crippen LogP contribution < -0.4 is 11.1 Å². The van der Waals surface area contributed by atoms with E-state index in [1.54, 1.807) is 0 Å². The summed E-state index contributed by atoms with van der Waals surface area (Å²) in [6.45, 7) is 4.77. The summed E-state index contributed by atoms with van der Waals surface area (Å²) in [4.78, 5) is 41.2. The van der Waals surface area contributed by atoms with Gasteiger partial charge in [0.2, 0.25) is 17.7 Å². The number of rotatable bonds is 8. The van der Waals surface area contributed by atoms with Crippen molar-refractivity contribution in [3.8, 4) is 0 Å². The van der Waals surface area contributed by atoms with E-state index in [0.717, 1.165) is 38.6 Å². The van der Waals surface area contributed by atoms with Crippen molar-refractivity contribution in [1.82, 2.24) is 15.1 Å². The summed E-state index contributed by atoms with van der Waals surface area (Å²) in [7, 11) is 0. The highest BCUT2D eigenvalue weighted by molar-refractivity contribution is 5.90. The molecule has 152 valence electrons. The molecule has 3 aliphatic rings. The van der Waals surface area contributed by atoms with Crippen molar-refractivity contribution in [2.24, 2.45) is 17.6 Å². The Hall–Kier alpha value is -1.63. The number of likely N-dealkylation sites (tertiary alicyclic amines) is 1. The molecular formula is C20H34N4O3. The van der Waals surface area contributed by atoms with Crippen LogP contribution in [0.25, 0.3) is 0 Å². The summed E-state index contributed by atoms with van der Waals surface area (Å²) < 4.78 is 0. The predicted molar refractivity (Wildman–Crippen MR) is 103 cm³/mol. The van der Waals surface area contributed by atoms with Crippen LogP contribution in [0.3, 0.4) is 0 Å². The third-order valence-electron chi connectivity index (χ3n) is 6.23. The summed E-state index contributed by atoms with van der Waals surface area (Å²) in [6, 6.07) is -0.473. The highest BCUT2D eigenvalue weighted by atomic mass is 16.2. The molecule has 0 radical (unpaired) electrons. The van der Waals surface area contributed by atoms with Gasteiger partial charge < -0.3 is 20.9 Å². The smallest absolute Gasteiger partial charge is 0.245 e. The molecule has 2 aliphatic heterocycles. The number of piperidine rings is 1. The molecule has 0 aromatic rings. The normalized spacial score (nSPS) is 25.5. The van der Waals surface area contributed by atoms with Gasteiger partial charge in [-0.15, -0.1) is 0 Å². The molecule has 1 aliphatic carbocycles. The summed E-state index contributed by atoms with van der Waals surface area (Å²) in [5, 5.41) is 3.31. The highest BCUT2D eigenvalue weighted by Crippen LogP contribution is 2.36. The fourth-order valence-corrected chi connectivity index (χ4v) is 4.46. The molecule has 27 heavy (non-hydrogen) atoms. The molecule has 3 N–H and O–H groups in total. The number of nitrogens with two attached hydrogens (primary N) is 1. The van der Waals surface area contributed by atoms with Crippen LogP contribution in [0.2, 0.25) is 0 Å². The average Bonchev–Trinajstić information content (AvgIpc) is 3.46. The van der Waals surface area contributed by atoms with Gasteiger partial charge in [0.05, 0.1) is 6.04 Å². The van der Waals surface area contributed by atoms with Gasteiger partial charge in [0.1, 0.15) is 6.04 Å². The largest absolute Gasteiger partial charge is 0.370 e. The number of amides is 3. The molecule has 2 heterocycles. The molecule has 7 heteroatoms. The minimum Gasteiger partial charge on any atom is -0.370 e. The van der Waals surface area contributed by atoms with E-state index in [2.05, 4.69) is 12.2 Å². The Morgan fingerprint density at radius 2 is 1.85 bits per heavy atom. The third kappa shape index (κ3) is 5.21. The van der Waals surface area contributed by atoms with Crippen LogP contribution >= 0.6 is 0 Å². The Kier molecular flexibility index (Phi) is 6.73. The maximum atomic E-state index is 13.3. The Morgan fingerprint density at radius 3 is 2.44 bits per heavy atom. The van der Waals surface area contributed by atoms with Gasteiger partial charge in [-0.3, -0.25) is 14.4 Å². The fourth-order valence-electron chi connectivity index (χ4n) is 4.46. The number of nitrogens with one attached hydrogen (secondary N) is 1. The minimum absolute atomic E-state index is 0.0886. The molecule has 7 nitrogen and oxygen atoms in total. The standard InChI is InChI=1S/C20H34N4O3/c1-2-3-16-19(26)24(11-8-22-16)17(12-14-4-5-14)20(27)23-9-6-15(7-10-23)13-18(21)25/h14-17,22H,2-13H2,1H3,(H2,21,25)/t16-,17-/m0/s1. The van der Waals surface area contributed by atoms with Crippen LogP contribution in [-0.2, 0) is 14.4 Å². The molecule has 0 spiro atoms. The molecular weight excluding hydrogens is 344 g/mol. The van der Waals surface area contributed by atoms with Gasteiger partial charge in [-0.05, 0) is 37.5 Å². The molecule has 0 unspecified atom stereocenters. The minimum atomic E-state index is -0.320. The summed E-state index contributed by atoms with van der Waals surface area (Å²) in [5.41, 5.74) is 5.31. The predicted octanol–water partition coefficient (Wildman–Crippen LogP) is 0.870. The molecule has 1 saturated carbocycles. The molecule has 0 aromatic heterocycles. The summed E-state index contributed by atoms with van der Waals surface area (Å²) in [6.07, 6.45) is 6.95. The van der Waals surface area contributed by atoms with Crippen molar-refractivity contribution in [2.45, 2.75) is 70.4 Å². The van der Waals surface area contributed by atoms with Gasteiger partial charge in [0, 0.05) is 32.6 Å². The van der Waals surface area contributed by atoms with Crippen molar-refractivity contribution >= 4 is 17.7 Å². The number of piperazine rings is 1. The second-order valence-corrected chi connectivity index (χ2v) is 8.46. The maximum Gasteiger partial charge on any atom is 0.245 e. The van der Waals surface area contributed by atoms with Gasteiger partial charge in [0.25, 0.3) is 0 Å². The average molecular weight is 379 g/mol. The first-order chi connectivity index (χ1) is 13.0. The van der Waals surface area contributed by atoms with Gasteiger partial charge in [-0.25, -0.2) is 0 Å². The lowest BCUT2D eigenvalue weighted by molar-refractivity contribution is -0.150. The van der Waals surface area contributed by atoms with E-state index in [4.69, 9.17) is 5.73 Å². The van der Waals surface area contributed by atoms with Gasteiger partial charge in [0.15, 0.2) is 0 Å². The van der Waals surface area contributed by atoms with E-state index in [1.807, 2.05) is 9.80 Å². The quantitative estimate of drug-likeness (QED) is 0.655. The Bertz CT molecular complexity index is 553. The molecule has 3 amide bonds. The van der Waals surface area contributed by atoms with Crippen LogP contribution in [0.4, 0.5) is 0 Å². The van der Waals surface area contributed by atoms with Crippen LogP contribution in [0, 0.1) is 11.8 Å². The molecule has 0 aromatic carbocycles. The highest BCUT2D eigenvalue weighted by Gasteiger charge is 2.41. The maximum absolute atomic E-state index is 13.3. The van der Waals surface area contributed by atoms with E-state index in [0.29, 0.717) is 32.0 Å². The molecule has 3 rings (SSSR count). The van der Waals surface area contributed by atoms with Gasteiger partial charge >= 0.3 is 0 Å². The first-order valence-electron chi connectivity index (χ1n) is 10.6. The Balaban J connectivity index is 1.64. The third-order valence-corrected chi connectivity index (χ3v) is 6.23. The lowest BCUT2D eigenvalue weighted by Gasteiger charge is -2.41. The monoisotopic (exact) mass is 378 g/mol. The molecule has 2 atom stereocenters. The SMILES string of the molecule is CCC[C@@H]1NCCN([C@@H](CC2CC2)C(=O)N2CCC(CC(N)=O)CC2)C1=O. The summed E-state index contributed by atoms with van der Waals surface area (Å²) >= 11 is 0. The lowest BCUT2D eigenvalue weighted by atomic mass is 9.92. The number of carbonyl (C=O) groups excluding carboxylic acids is 3. The first-order valence-corrected chi connectivity index (χ1v) is 10.6. The van der Waals surface area contributed by atoms with Crippen LogP contribution in [0.15, 0.2) is 0 Å². The van der Waals surface area contributed by atoms with E-state index in [1.165, 1.54) is 12.8 Å². The zero-order valence-electron chi connectivity index (χ0n) is 16.5. The lowest BCUT2D eigenvalue weighted by Crippen LogP contribution is -2.61. The zero-order valence-corrected chi connectivity index (χ0v) is 16.5. The topological polar surface area (TPSA) is 95.7 Å². The number of hydrogen-bond donors (Lipinski definition) is 2. The zero-order chi connectivity index (χ0) is 19.4. The molecule has 3 fully saturated rings. The molecule has 0 bridgehead atoms. The van der Waals surface area contributed by atoms with Gasteiger partial charge in [-0.1, -0.05) is 26.2 Å².